The molecule has 0 radical (unpaired) electrons. The molecule has 2 N–H and O–H groups in total. The minimum atomic E-state index is -0.208. The summed E-state index contributed by atoms with van der Waals surface area (Å²) in [7, 11) is 3.08. The molecule has 154 valence electrons. The number of carbonyl (C=O) groups excluding carboxylic acids is 2. The van der Waals surface area contributed by atoms with Crippen LogP contribution in [0.15, 0.2) is 48.5 Å². The molecule has 0 unspecified atom stereocenters. The number of amides is 2. The van der Waals surface area contributed by atoms with Crippen LogP contribution in [-0.4, -0.2) is 60.0 Å². The molecule has 2 aromatic rings. The maximum Gasteiger partial charge on any atom is 0.576 e. The fourth-order valence-corrected chi connectivity index (χ4v) is 2.36. The summed E-state index contributed by atoms with van der Waals surface area (Å²) in [6, 6.07) is 13.6. The molecule has 0 aromatic heterocycles. The van der Waals surface area contributed by atoms with E-state index in [4.69, 9.17) is 18.8 Å². The Labute approximate surface area is 170 Å². The fraction of sp³-hybridized carbons (Fsp3) is 0.300. The van der Waals surface area contributed by atoms with Crippen LogP contribution >= 0.6 is 0 Å². The fourth-order valence-electron chi connectivity index (χ4n) is 2.36. The van der Waals surface area contributed by atoms with Crippen LogP contribution in [0.3, 0.4) is 0 Å². The van der Waals surface area contributed by atoms with Crippen molar-refractivity contribution in [1.29, 1.82) is 0 Å². The Morgan fingerprint density at radius 1 is 0.793 bits per heavy atom. The number of rotatable bonds is 12. The highest BCUT2D eigenvalue weighted by molar-refractivity contribution is 6.20. The number of hydrogen-bond donors (Lipinski definition) is 2. The molecule has 9 heteroatoms. The van der Waals surface area contributed by atoms with Crippen molar-refractivity contribution < 1.29 is 28.4 Å². The predicted octanol–water partition coefficient (Wildman–Crippen LogP) is 1.16. The van der Waals surface area contributed by atoms with E-state index in [-0.39, 0.29) is 19.5 Å². The molecule has 0 saturated carbocycles. The molecule has 29 heavy (non-hydrogen) atoms. The number of carbonyl (C=O) groups is 2. The van der Waals surface area contributed by atoms with Crippen molar-refractivity contribution in [1.82, 2.24) is 10.6 Å². The van der Waals surface area contributed by atoms with Crippen molar-refractivity contribution in [3.8, 4) is 11.5 Å². The number of benzene rings is 2. The summed E-state index contributed by atoms with van der Waals surface area (Å²) >= 11 is 0. The van der Waals surface area contributed by atoms with E-state index in [9.17, 15) is 9.59 Å². The predicted molar refractivity (Wildman–Crippen MR) is 110 cm³/mol. The van der Waals surface area contributed by atoms with Crippen LogP contribution in [0.1, 0.15) is 20.7 Å². The lowest BCUT2D eigenvalue weighted by Gasteiger charge is -2.10. The van der Waals surface area contributed by atoms with E-state index in [1.807, 2.05) is 0 Å². The van der Waals surface area contributed by atoms with Crippen molar-refractivity contribution in [2.24, 2.45) is 0 Å². The highest BCUT2D eigenvalue weighted by Crippen LogP contribution is 2.15. The largest absolute Gasteiger partial charge is 0.576 e. The summed E-state index contributed by atoms with van der Waals surface area (Å²) in [5.41, 5.74) is 0.960. The lowest BCUT2D eigenvalue weighted by molar-refractivity contribution is 0.0929. The maximum absolute atomic E-state index is 12.1. The summed E-state index contributed by atoms with van der Waals surface area (Å²) in [6.45, 7) is 1.75. The SMILES string of the molecule is COCCNC(=O)c1cccc(OBOc2cccc(C(=O)NCCOC)c2)c1. The summed E-state index contributed by atoms with van der Waals surface area (Å²) < 4.78 is 20.9. The lowest BCUT2D eigenvalue weighted by Crippen LogP contribution is -2.27. The normalized spacial score (nSPS) is 10.1. The Kier molecular flexibility index (Phi) is 9.54. The molecular weight excluding hydrogens is 375 g/mol. The van der Waals surface area contributed by atoms with Crippen LogP contribution in [0.5, 0.6) is 11.5 Å². The van der Waals surface area contributed by atoms with Gasteiger partial charge in [-0.15, -0.1) is 0 Å². The second kappa shape index (κ2) is 12.4. The Bertz CT molecular complexity index is 737. The van der Waals surface area contributed by atoms with E-state index in [0.717, 1.165) is 0 Å². The van der Waals surface area contributed by atoms with Crippen LogP contribution in [0.2, 0.25) is 0 Å². The summed E-state index contributed by atoms with van der Waals surface area (Å²) in [5.74, 6) is 0.580. The average Bonchev–Trinajstić information content (AvgIpc) is 2.74. The second-order valence-corrected chi connectivity index (χ2v) is 5.96. The van der Waals surface area contributed by atoms with Gasteiger partial charge in [-0.3, -0.25) is 9.59 Å². The van der Waals surface area contributed by atoms with E-state index in [0.29, 0.717) is 48.9 Å². The molecule has 2 amide bonds. The minimum absolute atomic E-state index is 0.0660. The molecule has 0 aliphatic heterocycles. The van der Waals surface area contributed by atoms with Gasteiger partial charge >= 0.3 is 7.69 Å². The monoisotopic (exact) mass is 400 g/mol. The molecule has 0 aliphatic carbocycles. The topological polar surface area (TPSA) is 95.1 Å². The molecule has 0 aliphatic rings. The van der Waals surface area contributed by atoms with Gasteiger partial charge in [-0.2, -0.15) is 0 Å². The van der Waals surface area contributed by atoms with Crippen molar-refractivity contribution >= 4 is 19.5 Å². The Hall–Kier alpha value is -3.04. The molecule has 0 heterocycles. The Morgan fingerprint density at radius 2 is 1.24 bits per heavy atom. The summed E-state index contributed by atoms with van der Waals surface area (Å²) in [5, 5.41) is 5.50. The van der Waals surface area contributed by atoms with Gasteiger partial charge in [-0.25, -0.2) is 0 Å². The smallest absolute Gasteiger partial charge is 0.529 e. The summed E-state index contributed by atoms with van der Waals surface area (Å²) in [4.78, 5) is 24.1. The maximum atomic E-state index is 12.1. The van der Waals surface area contributed by atoms with Gasteiger partial charge in [-0.05, 0) is 36.4 Å². The quantitative estimate of drug-likeness (QED) is 0.410. The highest BCUT2D eigenvalue weighted by Gasteiger charge is 2.09. The average molecular weight is 400 g/mol. The molecule has 0 bridgehead atoms. The van der Waals surface area contributed by atoms with Gasteiger partial charge in [0.15, 0.2) is 0 Å². The zero-order valence-electron chi connectivity index (χ0n) is 16.6. The van der Waals surface area contributed by atoms with Crippen molar-refractivity contribution in [2.45, 2.75) is 0 Å². The highest BCUT2D eigenvalue weighted by atomic mass is 16.6. The van der Waals surface area contributed by atoms with E-state index in [1.165, 1.54) is 0 Å². The molecule has 2 aromatic carbocycles. The van der Waals surface area contributed by atoms with Gasteiger partial charge in [-0.1, -0.05) is 12.1 Å². The van der Waals surface area contributed by atoms with Crippen LogP contribution in [0.4, 0.5) is 0 Å². The third kappa shape index (κ3) is 7.85. The van der Waals surface area contributed by atoms with E-state index in [2.05, 4.69) is 10.6 Å². The van der Waals surface area contributed by atoms with Gasteiger partial charge in [0.2, 0.25) is 0 Å². The van der Waals surface area contributed by atoms with Crippen LogP contribution in [-0.2, 0) is 9.47 Å². The zero-order valence-corrected chi connectivity index (χ0v) is 16.6. The Balaban J connectivity index is 1.85. The molecule has 0 atom stereocenters. The molecule has 8 nitrogen and oxygen atoms in total. The van der Waals surface area contributed by atoms with Gasteiger partial charge < -0.3 is 29.4 Å². The molecule has 0 fully saturated rings. The summed E-state index contributed by atoms with van der Waals surface area (Å²) in [6.07, 6.45) is 0. The van der Waals surface area contributed by atoms with Crippen LogP contribution < -0.4 is 19.9 Å². The molecule has 2 rings (SSSR count). The first-order valence-electron chi connectivity index (χ1n) is 9.14. The number of methoxy groups -OCH3 is 2. The number of ether oxygens (including phenoxy) is 2. The Morgan fingerprint density at radius 3 is 1.66 bits per heavy atom. The van der Waals surface area contributed by atoms with E-state index in [1.54, 1.807) is 62.8 Å². The third-order valence-corrected chi connectivity index (χ3v) is 3.83. The number of nitrogens with one attached hydrogen (secondary N) is 2. The van der Waals surface area contributed by atoms with Gasteiger partial charge in [0.05, 0.1) is 13.2 Å². The van der Waals surface area contributed by atoms with Gasteiger partial charge in [0.1, 0.15) is 11.5 Å². The lowest BCUT2D eigenvalue weighted by atomic mass is 10.2. The van der Waals surface area contributed by atoms with E-state index >= 15 is 0 Å². The molecule has 0 spiro atoms. The first-order valence-corrected chi connectivity index (χ1v) is 9.14. The second-order valence-electron chi connectivity index (χ2n) is 5.96. The van der Waals surface area contributed by atoms with Gasteiger partial charge in [0.25, 0.3) is 11.8 Å². The van der Waals surface area contributed by atoms with Crippen molar-refractivity contribution in [3.63, 3.8) is 0 Å². The third-order valence-electron chi connectivity index (χ3n) is 3.83. The van der Waals surface area contributed by atoms with Gasteiger partial charge in [0, 0.05) is 38.4 Å². The number of hydrogen-bond acceptors (Lipinski definition) is 6. The van der Waals surface area contributed by atoms with Crippen LogP contribution in [0, 0.1) is 0 Å². The first kappa shape index (κ1) is 22.3. The molecular formula is C20H25BN2O6. The van der Waals surface area contributed by atoms with E-state index < -0.39 is 0 Å². The van der Waals surface area contributed by atoms with Crippen molar-refractivity contribution in [2.75, 3.05) is 40.5 Å². The minimum Gasteiger partial charge on any atom is -0.529 e. The van der Waals surface area contributed by atoms with Crippen LogP contribution in [0.25, 0.3) is 0 Å². The molecule has 0 saturated heterocycles. The zero-order chi connectivity index (χ0) is 20.9. The first-order chi connectivity index (χ1) is 14.1. The standard InChI is InChI=1S/C20H25BN2O6/c1-26-11-9-22-19(24)15-5-3-7-17(13-15)28-21-29-18-8-4-6-16(14-18)20(25)23-10-12-27-2/h3-8,13-14,21H,9-12H2,1-2H3,(H,22,24)(H,23,25). The van der Waals surface area contributed by atoms with Crippen molar-refractivity contribution in [3.05, 3.63) is 59.7 Å².